The second-order valence-corrected chi connectivity index (χ2v) is 5.61. The van der Waals surface area contributed by atoms with Gasteiger partial charge in [-0.2, -0.15) is 0 Å². The van der Waals surface area contributed by atoms with E-state index in [0.29, 0.717) is 0 Å². The van der Waals surface area contributed by atoms with Crippen LogP contribution in [-0.2, 0) is 12.5 Å². The van der Waals surface area contributed by atoms with Gasteiger partial charge in [0, 0.05) is 36.1 Å². The van der Waals surface area contributed by atoms with Crippen molar-refractivity contribution in [3.8, 4) is 0 Å². The van der Waals surface area contributed by atoms with Crippen LogP contribution >= 0.6 is 0 Å². The van der Waals surface area contributed by atoms with Crippen LogP contribution in [0.25, 0.3) is 10.9 Å². The summed E-state index contributed by atoms with van der Waals surface area (Å²) in [6.07, 6.45) is 4.78. The number of hydrogen-bond acceptors (Lipinski definition) is 1. The lowest BCUT2D eigenvalue weighted by molar-refractivity contribution is 0.706. The first-order chi connectivity index (χ1) is 8.07. The van der Waals surface area contributed by atoms with E-state index in [2.05, 4.69) is 43.8 Å². The standard InChI is InChI=1S/C15H20N2/c1-10-6-11(2)14-12(15(9-16)4-5-15)8-17(3)13(14)7-10/h6-8H,4-5,9,16H2,1-3H3. The molecule has 1 aliphatic rings. The number of nitrogens with two attached hydrogens (primary N) is 1. The Kier molecular flexibility index (Phi) is 2.14. The van der Waals surface area contributed by atoms with Crippen LogP contribution in [0.2, 0.25) is 0 Å². The number of aryl methyl sites for hydroxylation is 3. The van der Waals surface area contributed by atoms with Crippen molar-refractivity contribution < 1.29 is 0 Å². The van der Waals surface area contributed by atoms with Crippen LogP contribution in [0, 0.1) is 13.8 Å². The lowest BCUT2D eigenvalue weighted by Gasteiger charge is -2.12. The first kappa shape index (κ1) is 10.8. The maximum absolute atomic E-state index is 5.97. The van der Waals surface area contributed by atoms with Gasteiger partial charge in [0.05, 0.1) is 0 Å². The molecule has 0 amide bonds. The molecular weight excluding hydrogens is 208 g/mol. The quantitative estimate of drug-likeness (QED) is 0.842. The fraction of sp³-hybridized carbons (Fsp3) is 0.467. The fourth-order valence-electron chi connectivity index (χ4n) is 3.04. The molecule has 0 unspecified atom stereocenters. The average Bonchev–Trinajstić information content (AvgIpc) is 3.00. The van der Waals surface area contributed by atoms with E-state index in [1.54, 1.807) is 0 Å². The molecule has 2 N–H and O–H groups in total. The summed E-state index contributed by atoms with van der Waals surface area (Å²) in [5.74, 6) is 0. The van der Waals surface area contributed by atoms with Gasteiger partial charge in [0.1, 0.15) is 0 Å². The number of nitrogens with zero attached hydrogens (tertiary/aromatic N) is 1. The summed E-state index contributed by atoms with van der Waals surface area (Å²) in [6, 6.07) is 4.55. The molecule has 1 aromatic carbocycles. The van der Waals surface area contributed by atoms with Gasteiger partial charge in [-0.25, -0.2) is 0 Å². The molecule has 0 saturated heterocycles. The van der Waals surface area contributed by atoms with Crippen LogP contribution in [0.3, 0.4) is 0 Å². The predicted molar refractivity (Wildman–Crippen MR) is 72.4 cm³/mol. The Balaban J connectivity index is 2.34. The monoisotopic (exact) mass is 228 g/mol. The van der Waals surface area contributed by atoms with Crippen molar-refractivity contribution in [3.63, 3.8) is 0 Å². The minimum absolute atomic E-state index is 0.277. The molecule has 0 bridgehead atoms. The second kappa shape index (κ2) is 3.36. The maximum Gasteiger partial charge on any atom is 0.0486 e. The van der Waals surface area contributed by atoms with Crippen molar-refractivity contribution in [2.24, 2.45) is 12.8 Å². The molecule has 3 rings (SSSR count). The minimum atomic E-state index is 0.277. The van der Waals surface area contributed by atoms with E-state index < -0.39 is 0 Å². The molecule has 2 nitrogen and oxygen atoms in total. The van der Waals surface area contributed by atoms with E-state index in [4.69, 9.17) is 5.73 Å². The summed E-state index contributed by atoms with van der Waals surface area (Å²) in [5.41, 5.74) is 11.8. The molecule has 0 aliphatic heterocycles. The van der Waals surface area contributed by atoms with Gasteiger partial charge in [0.2, 0.25) is 0 Å². The van der Waals surface area contributed by atoms with Gasteiger partial charge in [-0.3, -0.25) is 0 Å². The van der Waals surface area contributed by atoms with E-state index in [1.807, 2.05) is 0 Å². The van der Waals surface area contributed by atoms with Gasteiger partial charge in [-0.05, 0) is 49.4 Å². The van der Waals surface area contributed by atoms with Crippen molar-refractivity contribution in [3.05, 3.63) is 35.0 Å². The third-order valence-electron chi connectivity index (χ3n) is 4.25. The zero-order valence-electron chi connectivity index (χ0n) is 10.9. The molecular formula is C15H20N2. The van der Waals surface area contributed by atoms with Crippen molar-refractivity contribution >= 4 is 10.9 Å². The van der Waals surface area contributed by atoms with E-state index >= 15 is 0 Å². The van der Waals surface area contributed by atoms with E-state index in [9.17, 15) is 0 Å². The van der Waals surface area contributed by atoms with Crippen LogP contribution in [0.15, 0.2) is 18.3 Å². The smallest absolute Gasteiger partial charge is 0.0486 e. The Morgan fingerprint density at radius 2 is 2.00 bits per heavy atom. The summed E-state index contributed by atoms with van der Waals surface area (Å²) in [5, 5.41) is 1.43. The normalized spacial score (nSPS) is 17.6. The first-order valence-electron chi connectivity index (χ1n) is 6.34. The Morgan fingerprint density at radius 3 is 2.59 bits per heavy atom. The average molecular weight is 228 g/mol. The Labute approximate surface area is 102 Å². The number of aromatic nitrogens is 1. The minimum Gasteiger partial charge on any atom is -0.350 e. The van der Waals surface area contributed by atoms with Crippen molar-refractivity contribution in [2.45, 2.75) is 32.1 Å². The Bertz CT molecular complexity index is 588. The highest BCUT2D eigenvalue weighted by atomic mass is 14.9. The van der Waals surface area contributed by atoms with Crippen LogP contribution in [0.5, 0.6) is 0 Å². The molecule has 1 heterocycles. The van der Waals surface area contributed by atoms with Gasteiger partial charge >= 0.3 is 0 Å². The molecule has 2 aromatic rings. The zero-order valence-corrected chi connectivity index (χ0v) is 10.9. The molecule has 1 fully saturated rings. The summed E-state index contributed by atoms with van der Waals surface area (Å²) < 4.78 is 2.25. The van der Waals surface area contributed by atoms with Gasteiger partial charge < -0.3 is 10.3 Å². The SMILES string of the molecule is Cc1cc(C)c2c(C3(CN)CC3)cn(C)c2c1. The highest BCUT2D eigenvalue weighted by Gasteiger charge is 2.44. The molecule has 2 heteroatoms. The number of hydrogen-bond donors (Lipinski definition) is 1. The van der Waals surface area contributed by atoms with Crippen LogP contribution < -0.4 is 5.73 Å². The van der Waals surface area contributed by atoms with Crippen LogP contribution in [-0.4, -0.2) is 11.1 Å². The van der Waals surface area contributed by atoms with Crippen molar-refractivity contribution in [1.82, 2.24) is 4.57 Å². The second-order valence-electron chi connectivity index (χ2n) is 5.61. The molecule has 90 valence electrons. The van der Waals surface area contributed by atoms with Crippen molar-refractivity contribution in [1.29, 1.82) is 0 Å². The van der Waals surface area contributed by atoms with Crippen LogP contribution in [0.4, 0.5) is 0 Å². The van der Waals surface area contributed by atoms with E-state index in [1.165, 1.54) is 40.4 Å². The number of fused-ring (bicyclic) bond motifs is 1. The van der Waals surface area contributed by atoms with Gasteiger partial charge in [-0.15, -0.1) is 0 Å². The summed E-state index contributed by atoms with van der Waals surface area (Å²) in [6.45, 7) is 5.15. The lowest BCUT2D eigenvalue weighted by atomic mass is 9.93. The summed E-state index contributed by atoms with van der Waals surface area (Å²) in [7, 11) is 2.14. The van der Waals surface area contributed by atoms with Gasteiger partial charge in [0.15, 0.2) is 0 Å². The highest BCUT2D eigenvalue weighted by Crippen LogP contribution is 2.50. The number of rotatable bonds is 2. The first-order valence-corrected chi connectivity index (χ1v) is 6.34. The molecule has 17 heavy (non-hydrogen) atoms. The highest BCUT2D eigenvalue weighted by molar-refractivity contribution is 5.89. The van der Waals surface area contributed by atoms with Crippen LogP contribution in [0.1, 0.15) is 29.5 Å². The largest absolute Gasteiger partial charge is 0.350 e. The molecule has 0 spiro atoms. The molecule has 1 saturated carbocycles. The third-order valence-corrected chi connectivity index (χ3v) is 4.25. The predicted octanol–water partition coefficient (Wildman–Crippen LogP) is 2.79. The molecule has 0 atom stereocenters. The topological polar surface area (TPSA) is 30.9 Å². The van der Waals surface area contributed by atoms with E-state index in [-0.39, 0.29) is 5.41 Å². The zero-order chi connectivity index (χ0) is 12.2. The fourth-order valence-corrected chi connectivity index (χ4v) is 3.04. The Hall–Kier alpha value is -1.28. The van der Waals surface area contributed by atoms with Gasteiger partial charge in [-0.1, -0.05) is 6.07 Å². The summed E-state index contributed by atoms with van der Waals surface area (Å²) >= 11 is 0. The summed E-state index contributed by atoms with van der Waals surface area (Å²) in [4.78, 5) is 0. The third kappa shape index (κ3) is 1.44. The van der Waals surface area contributed by atoms with Crippen molar-refractivity contribution in [2.75, 3.05) is 6.54 Å². The molecule has 1 aliphatic carbocycles. The maximum atomic E-state index is 5.97. The lowest BCUT2D eigenvalue weighted by Crippen LogP contribution is -2.19. The van der Waals surface area contributed by atoms with Gasteiger partial charge in [0.25, 0.3) is 0 Å². The number of benzene rings is 1. The van der Waals surface area contributed by atoms with E-state index in [0.717, 1.165) is 6.54 Å². The molecule has 1 aromatic heterocycles. The Morgan fingerprint density at radius 1 is 1.29 bits per heavy atom. The molecule has 0 radical (unpaired) electrons.